The number of nitrogens with two attached hydrogens (primary N) is 1. The summed E-state index contributed by atoms with van der Waals surface area (Å²) in [4.78, 5) is 21.9. The molecular weight excluding hydrogens is 252 g/mol. The van der Waals surface area contributed by atoms with Gasteiger partial charge in [0.1, 0.15) is 11.3 Å². The van der Waals surface area contributed by atoms with Crippen LogP contribution in [0.15, 0.2) is 18.2 Å². The number of hydrogen-bond acceptors (Lipinski definition) is 3. The minimum Gasteiger partial charge on any atom is -0.366 e. The normalized spacial score (nSPS) is 18.1. The van der Waals surface area contributed by atoms with Gasteiger partial charge in [0, 0.05) is 13.1 Å². The van der Waals surface area contributed by atoms with Crippen LogP contribution in [0.4, 0.5) is 0 Å². The maximum atomic E-state index is 11.5. The fourth-order valence-corrected chi connectivity index (χ4v) is 3.08. The first-order chi connectivity index (χ1) is 9.53. The highest BCUT2D eigenvalue weighted by atomic mass is 16.1. The number of carbonyl (C=O) groups excluding carboxylic acids is 1. The Morgan fingerprint density at radius 2 is 2.25 bits per heavy atom. The Morgan fingerprint density at radius 1 is 1.50 bits per heavy atom. The molecule has 1 aromatic heterocycles. The average Bonchev–Trinajstić information content (AvgIpc) is 2.80. The van der Waals surface area contributed by atoms with E-state index in [4.69, 9.17) is 5.73 Å². The number of imidazole rings is 1. The highest BCUT2D eigenvalue weighted by Crippen LogP contribution is 2.33. The Hall–Kier alpha value is -1.88. The van der Waals surface area contributed by atoms with Gasteiger partial charge in [-0.1, -0.05) is 19.9 Å². The molecule has 1 saturated heterocycles. The number of benzene rings is 1. The number of aromatic nitrogens is 2. The minimum absolute atomic E-state index is 0.0447. The van der Waals surface area contributed by atoms with Gasteiger partial charge in [-0.3, -0.25) is 4.79 Å². The van der Waals surface area contributed by atoms with E-state index in [0.29, 0.717) is 11.1 Å². The molecule has 0 radical (unpaired) electrons. The Kier molecular flexibility index (Phi) is 3.01. The molecule has 3 N–H and O–H groups in total. The van der Waals surface area contributed by atoms with Crippen LogP contribution in [0, 0.1) is 0 Å². The van der Waals surface area contributed by atoms with Crippen LogP contribution in [0.3, 0.4) is 0 Å². The van der Waals surface area contributed by atoms with Gasteiger partial charge in [0.15, 0.2) is 0 Å². The van der Waals surface area contributed by atoms with E-state index in [1.54, 1.807) is 6.07 Å². The summed E-state index contributed by atoms with van der Waals surface area (Å²) in [6.45, 7) is 7.54. The molecule has 3 rings (SSSR count). The Balaban J connectivity index is 1.94. The van der Waals surface area contributed by atoms with Gasteiger partial charge in [0.2, 0.25) is 0 Å². The molecule has 0 aliphatic carbocycles. The zero-order chi connectivity index (χ0) is 14.3. The van der Waals surface area contributed by atoms with Crippen molar-refractivity contribution >= 4 is 16.9 Å². The first kappa shape index (κ1) is 13.1. The highest BCUT2D eigenvalue weighted by Gasteiger charge is 2.42. The molecule has 5 heteroatoms. The van der Waals surface area contributed by atoms with Crippen molar-refractivity contribution in [2.45, 2.75) is 25.7 Å². The lowest BCUT2D eigenvalue weighted by atomic mass is 9.81. The van der Waals surface area contributed by atoms with E-state index < -0.39 is 5.91 Å². The van der Waals surface area contributed by atoms with Crippen molar-refractivity contribution in [3.05, 3.63) is 29.6 Å². The van der Waals surface area contributed by atoms with Crippen molar-refractivity contribution < 1.29 is 4.79 Å². The number of primary amides is 1. The fourth-order valence-electron chi connectivity index (χ4n) is 3.08. The average molecular weight is 272 g/mol. The monoisotopic (exact) mass is 272 g/mol. The number of likely N-dealkylation sites (tertiary alicyclic amines) is 1. The second-order valence-electron chi connectivity index (χ2n) is 5.92. The molecule has 1 amide bonds. The molecule has 0 saturated carbocycles. The number of aromatic amines is 1. The molecule has 2 aromatic rings. The number of fused-ring (bicyclic) bond motifs is 1. The number of para-hydroxylation sites is 1. The molecule has 5 nitrogen and oxygen atoms in total. The van der Waals surface area contributed by atoms with Crippen molar-refractivity contribution in [1.29, 1.82) is 0 Å². The minimum atomic E-state index is -0.431. The largest absolute Gasteiger partial charge is 0.366 e. The molecule has 0 atom stereocenters. The van der Waals surface area contributed by atoms with E-state index >= 15 is 0 Å². The lowest BCUT2D eigenvalue weighted by Gasteiger charge is -2.46. The molecule has 0 bridgehead atoms. The summed E-state index contributed by atoms with van der Waals surface area (Å²) in [5.74, 6) is 0.522. The van der Waals surface area contributed by atoms with E-state index in [-0.39, 0.29) is 5.41 Å². The first-order valence-corrected chi connectivity index (χ1v) is 7.05. The van der Waals surface area contributed by atoms with Crippen LogP contribution in [-0.2, 0) is 5.41 Å². The molecule has 0 unspecified atom stereocenters. The van der Waals surface area contributed by atoms with Gasteiger partial charge in [-0.2, -0.15) is 0 Å². The molecule has 1 aliphatic heterocycles. The summed E-state index contributed by atoms with van der Waals surface area (Å²) < 4.78 is 0. The van der Waals surface area contributed by atoms with Crippen LogP contribution in [-0.4, -0.2) is 40.4 Å². The summed E-state index contributed by atoms with van der Waals surface area (Å²) in [5, 5.41) is 0. The summed E-state index contributed by atoms with van der Waals surface area (Å²) in [5.41, 5.74) is 7.50. The SMILES string of the molecule is CCCN1CC(C)(c2nc3c(C(N)=O)cccc3[nH]2)C1. The van der Waals surface area contributed by atoms with Gasteiger partial charge in [0.05, 0.1) is 16.5 Å². The fraction of sp³-hybridized carbons (Fsp3) is 0.467. The van der Waals surface area contributed by atoms with Crippen LogP contribution < -0.4 is 5.73 Å². The quantitative estimate of drug-likeness (QED) is 0.888. The number of amides is 1. The van der Waals surface area contributed by atoms with E-state index in [1.807, 2.05) is 12.1 Å². The maximum absolute atomic E-state index is 11.5. The molecule has 20 heavy (non-hydrogen) atoms. The van der Waals surface area contributed by atoms with Gasteiger partial charge in [-0.05, 0) is 25.1 Å². The number of nitrogens with one attached hydrogen (secondary N) is 1. The molecule has 2 heterocycles. The number of H-pyrrole nitrogens is 1. The lowest BCUT2D eigenvalue weighted by Crippen LogP contribution is -2.58. The third-order valence-corrected chi connectivity index (χ3v) is 4.03. The molecule has 0 spiro atoms. The second-order valence-corrected chi connectivity index (χ2v) is 5.92. The Morgan fingerprint density at radius 3 is 2.90 bits per heavy atom. The number of carbonyl (C=O) groups is 1. The van der Waals surface area contributed by atoms with Crippen LogP contribution >= 0.6 is 0 Å². The Labute approximate surface area is 118 Å². The smallest absolute Gasteiger partial charge is 0.250 e. The van der Waals surface area contributed by atoms with Gasteiger partial charge in [-0.15, -0.1) is 0 Å². The predicted molar refractivity (Wildman–Crippen MR) is 78.7 cm³/mol. The second kappa shape index (κ2) is 4.59. The predicted octanol–water partition coefficient (Wildman–Crippen LogP) is 1.65. The zero-order valence-electron chi connectivity index (χ0n) is 11.9. The molecular formula is C15H20N4O. The molecule has 1 aromatic carbocycles. The van der Waals surface area contributed by atoms with Gasteiger partial charge < -0.3 is 15.6 Å². The number of hydrogen-bond donors (Lipinski definition) is 2. The number of rotatable bonds is 4. The van der Waals surface area contributed by atoms with E-state index in [9.17, 15) is 4.79 Å². The summed E-state index contributed by atoms with van der Waals surface area (Å²) in [7, 11) is 0. The lowest BCUT2D eigenvalue weighted by molar-refractivity contribution is 0.0729. The van der Waals surface area contributed by atoms with Crippen LogP contribution in [0.2, 0.25) is 0 Å². The van der Waals surface area contributed by atoms with Crippen molar-refractivity contribution in [3.8, 4) is 0 Å². The summed E-state index contributed by atoms with van der Waals surface area (Å²) in [6, 6.07) is 5.49. The molecule has 106 valence electrons. The van der Waals surface area contributed by atoms with Gasteiger partial charge >= 0.3 is 0 Å². The topological polar surface area (TPSA) is 75.0 Å². The summed E-state index contributed by atoms with van der Waals surface area (Å²) in [6.07, 6.45) is 1.17. The van der Waals surface area contributed by atoms with Crippen molar-refractivity contribution in [2.75, 3.05) is 19.6 Å². The van der Waals surface area contributed by atoms with E-state index in [2.05, 4.69) is 28.7 Å². The maximum Gasteiger partial charge on any atom is 0.250 e. The molecule has 1 aliphatic rings. The van der Waals surface area contributed by atoms with Crippen LogP contribution in [0.5, 0.6) is 0 Å². The summed E-state index contributed by atoms with van der Waals surface area (Å²) >= 11 is 0. The van der Waals surface area contributed by atoms with Crippen molar-refractivity contribution in [2.24, 2.45) is 5.73 Å². The third-order valence-electron chi connectivity index (χ3n) is 4.03. The standard InChI is InChI=1S/C15H20N4O/c1-3-7-19-8-15(2,9-19)14-17-11-6-4-5-10(13(16)20)12(11)18-14/h4-6H,3,7-9H2,1-2H3,(H2,16,20)(H,17,18). The van der Waals surface area contributed by atoms with Gasteiger partial charge in [0.25, 0.3) is 5.91 Å². The van der Waals surface area contributed by atoms with Crippen molar-refractivity contribution in [3.63, 3.8) is 0 Å². The third kappa shape index (κ3) is 1.98. The molecule has 1 fully saturated rings. The number of nitrogens with zero attached hydrogens (tertiary/aromatic N) is 2. The van der Waals surface area contributed by atoms with Crippen LogP contribution in [0.25, 0.3) is 11.0 Å². The van der Waals surface area contributed by atoms with Crippen molar-refractivity contribution in [1.82, 2.24) is 14.9 Å². The first-order valence-electron chi connectivity index (χ1n) is 7.05. The van der Waals surface area contributed by atoms with Crippen LogP contribution in [0.1, 0.15) is 36.5 Å². The zero-order valence-corrected chi connectivity index (χ0v) is 11.9. The Bertz CT molecular complexity index is 655. The highest BCUT2D eigenvalue weighted by molar-refractivity contribution is 6.04. The van der Waals surface area contributed by atoms with Gasteiger partial charge in [-0.25, -0.2) is 4.98 Å². The van der Waals surface area contributed by atoms with E-state index in [0.717, 1.165) is 31.0 Å². The van der Waals surface area contributed by atoms with E-state index in [1.165, 1.54) is 6.42 Å².